The maximum absolute atomic E-state index is 12.2. The number of nitrogens with zero attached hydrogens (tertiary/aromatic N) is 2. The molecule has 102 valence electrons. The Morgan fingerprint density at radius 3 is 3.11 bits per heavy atom. The molecule has 0 saturated carbocycles. The van der Waals surface area contributed by atoms with Crippen LogP contribution in [0.5, 0.6) is 0 Å². The van der Waals surface area contributed by atoms with Crippen molar-refractivity contribution < 1.29 is 4.79 Å². The molecule has 1 aromatic heterocycles. The van der Waals surface area contributed by atoms with Crippen molar-refractivity contribution in [1.82, 2.24) is 15.2 Å². The van der Waals surface area contributed by atoms with E-state index in [1.807, 2.05) is 0 Å². The summed E-state index contributed by atoms with van der Waals surface area (Å²) < 4.78 is 0. The standard InChI is InChI=1S/C14H20N4O/c15-13-9-10(4-6-16-13)14(19)17-11-5-8-18-7-2-1-3-12(11)18/h4,6,9,11-12H,1-3,5,7-8H2,(H2,15,16)(H,17,19). The summed E-state index contributed by atoms with van der Waals surface area (Å²) in [5.41, 5.74) is 6.21. The van der Waals surface area contributed by atoms with Gasteiger partial charge in [-0.05, 0) is 37.9 Å². The summed E-state index contributed by atoms with van der Waals surface area (Å²) in [4.78, 5) is 18.6. The minimum absolute atomic E-state index is 0.0356. The third-order valence-electron chi connectivity index (χ3n) is 4.22. The van der Waals surface area contributed by atoms with Crippen molar-refractivity contribution in [2.24, 2.45) is 0 Å². The van der Waals surface area contributed by atoms with Crippen LogP contribution in [0.25, 0.3) is 0 Å². The Hall–Kier alpha value is -1.62. The molecule has 0 aromatic carbocycles. The molecule has 3 rings (SSSR count). The topological polar surface area (TPSA) is 71.2 Å². The Labute approximate surface area is 113 Å². The van der Waals surface area contributed by atoms with Crippen LogP contribution in [0.15, 0.2) is 18.3 Å². The molecule has 3 heterocycles. The third-order valence-corrected chi connectivity index (χ3v) is 4.22. The van der Waals surface area contributed by atoms with Gasteiger partial charge in [0.1, 0.15) is 5.82 Å². The van der Waals surface area contributed by atoms with E-state index in [9.17, 15) is 4.79 Å². The normalized spacial score (nSPS) is 26.9. The molecule has 0 radical (unpaired) electrons. The highest BCUT2D eigenvalue weighted by molar-refractivity contribution is 5.94. The SMILES string of the molecule is Nc1cc(C(=O)NC2CCN3CCCCC23)ccn1. The molecule has 2 aliphatic rings. The van der Waals surface area contributed by atoms with Crippen LogP contribution in [0.2, 0.25) is 0 Å². The summed E-state index contributed by atoms with van der Waals surface area (Å²) in [6.07, 6.45) is 6.39. The summed E-state index contributed by atoms with van der Waals surface area (Å²) in [6, 6.07) is 4.14. The van der Waals surface area contributed by atoms with Crippen molar-refractivity contribution in [3.8, 4) is 0 Å². The highest BCUT2D eigenvalue weighted by atomic mass is 16.1. The molecule has 1 amide bonds. The number of carbonyl (C=O) groups is 1. The van der Waals surface area contributed by atoms with Crippen molar-refractivity contribution in [2.45, 2.75) is 37.8 Å². The molecule has 1 aromatic rings. The van der Waals surface area contributed by atoms with Gasteiger partial charge in [-0.3, -0.25) is 9.69 Å². The van der Waals surface area contributed by atoms with Gasteiger partial charge in [0.15, 0.2) is 0 Å². The lowest BCUT2D eigenvalue weighted by molar-refractivity contribution is 0.0915. The van der Waals surface area contributed by atoms with Crippen molar-refractivity contribution >= 4 is 11.7 Å². The van der Waals surface area contributed by atoms with E-state index in [1.165, 1.54) is 25.8 Å². The second-order valence-corrected chi connectivity index (χ2v) is 5.44. The molecule has 19 heavy (non-hydrogen) atoms. The van der Waals surface area contributed by atoms with Gasteiger partial charge in [-0.15, -0.1) is 0 Å². The number of amides is 1. The number of carbonyl (C=O) groups excluding carboxylic acids is 1. The van der Waals surface area contributed by atoms with E-state index in [4.69, 9.17) is 5.73 Å². The summed E-state index contributed by atoms with van der Waals surface area (Å²) in [7, 11) is 0. The Morgan fingerprint density at radius 1 is 1.37 bits per heavy atom. The van der Waals surface area contributed by atoms with Crippen LogP contribution < -0.4 is 11.1 Å². The number of nitrogen functional groups attached to an aromatic ring is 1. The first-order valence-electron chi connectivity index (χ1n) is 7.00. The number of fused-ring (bicyclic) bond motifs is 1. The van der Waals surface area contributed by atoms with Gasteiger partial charge in [-0.25, -0.2) is 4.98 Å². The number of pyridine rings is 1. The zero-order valence-electron chi connectivity index (χ0n) is 11.0. The van der Waals surface area contributed by atoms with E-state index in [1.54, 1.807) is 18.3 Å². The van der Waals surface area contributed by atoms with Crippen LogP contribution >= 0.6 is 0 Å². The smallest absolute Gasteiger partial charge is 0.251 e. The fourth-order valence-corrected chi connectivity index (χ4v) is 3.26. The van der Waals surface area contributed by atoms with Crippen molar-refractivity contribution in [3.63, 3.8) is 0 Å². The molecular weight excluding hydrogens is 240 g/mol. The third kappa shape index (κ3) is 2.56. The molecule has 0 aliphatic carbocycles. The lowest BCUT2D eigenvalue weighted by atomic mass is 9.99. The van der Waals surface area contributed by atoms with Gasteiger partial charge in [0.25, 0.3) is 5.91 Å². The highest BCUT2D eigenvalue weighted by Crippen LogP contribution is 2.27. The minimum atomic E-state index is -0.0356. The van der Waals surface area contributed by atoms with Crippen LogP contribution in [0.1, 0.15) is 36.0 Å². The number of anilines is 1. The highest BCUT2D eigenvalue weighted by Gasteiger charge is 2.36. The molecule has 2 aliphatic heterocycles. The van der Waals surface area contributed by atoms with Crippen molar-refractivity contribution in [1.29, 1.82) is 0 Å². The predicted octanol–water partition coefficient (Wildman–Crippen LogP) is 1.02. The van der Waals surface area contributed by atoms with Crippen molar-refractivity contribution in [2.75, 3.05) is 18.8 Å². The fourth-order valence-electron chi connectivity index (χ4n) is 3.26. The first-order valence-corrected chi connectivity index (χ1v) is 7.00. The molecule has 2 fully saturated rings. The van der Waals surface area contributed by atoms with Crippen LogP contribution in [-0.4, -0.2) is 41.0 Å². The second kappa shape index (κ2) is 5.17. The zero-order chi connectivity index (χ0) is 13.2. The lowest BCUT2D eigenvalue weighted by Crippen LogP contribution is -2.46. The molecule has 5 nitrogen and oxygen atoms in total. The minimum Gasteiger partial charge on any atom is -0.384 e. The maximum atomic E-state index is 12.2. The Balaban J connectivity index is 1.66. The second-order valence-electron chi connectivity index (χ2n) is 5.44. The lowest BCUT2D eigenvalue weighted by Gasteiger charge is -2.32. The van der Waals surface area contributed by atoms with Crippen LogP contribution in [-0.2, 0) is 0 Å². The van der Waals surface area contributed by atoms with E-state index < -0.39 is 0 Å². The van der Waals surface area contributed by atoms with Gasteiger partial charge in [-0.1, -0.05) is 6.42 Å². The van der Waals surface area contributed by atoms with E-state index in [2.05, 4.69) is 15.2 Å². The predicted molar refractivity (Wildman–Crippen MR) is 73.7 cm³/mol. The molecule has 5 heteroatoms. The number of hydrogen-bond donors (Lipinski definition) is 2. The van der Waals surface area contributed by atoms with E-state index in [0.717, 1.165) is 13.0 Å². The molecule has 0 bridgehead atoms. The van der Waals surface area contributed by atoms with Gasteiger partial charge in [-0.2, -0.15) is 0 Å². The fraction of sp³-hybridized carbons (Fsp3) is 0.571. The van der Waals surface area contributed by atoms with Gasteiger partial charge in [0.05, 0.1) is 0 Å². The van der Waals surface area contributed by atoms with E-state index in [0.29, 0.717) is 17.4 Å². The Morgan fingerprint density at radius 2 is 2.26 bits per heavy atom. The zero-order valence-corrected chi connectivity index (χ0v) is 11.0. The van der Waals surface area contributed by atoms with Gasteiger partial charge >= 0.3 is 0 Å². The largest absolute Gasteiger partial charge is 0.384 e. The van der Waals surface area contributed by atoms with Gasteiger partial charge < -0.3 is 11.1 Å². The maximum Gasteiger partial charge on any atom is 0.251 e. The van der Waals surface area contributed by atoms with Crippen LogP contribution in [0, 0.1) is 0 Å². The van der Waals surface area contributed by atoms with E-state index >= 15 is 0 Å². The van der Waals surface area contributed by atoms with Gasteiger partial charge in [0, 0.05) is 30.4 Å². The van der Waals surface area contributed by atoms with Crippen LogP contribution in [0.3, 0.4) is 0 Å². The molecule has 2 atom stereocenters. The van der Waals surface area contributed by atoms with Gasteiger partial charge in [0.2, 0.25) is 0 Å². The first kappa shape index (κ1) is 12.4. The molecule has 0 spiro atoms. The summed E-state index contributed by atoms with van der Waals surface area (Å²) in [6.45, 7) is 2.29. The molecular formula is C14H20N4O. The number of hydrogen-bond acceptors (Lipinski definition) is 4. The first-order chi connectivity index (χ1) is 9.24. The number of nitrogens with two attached hydrogens (primary N) is 1. The number of aromatic nitrogens is 1. The average Bonchev–Trinajstić information content (AvgIpc) is 2.82. The summed E-state index contributed by atoms with van der Waals surface area (Å²) >= 11 is 0. The molecule has 3 N–H and O–H groups in total. The summed E-state index contributed by atoms with van der Waals surface area (Å²) in [5.74, 6) is 0.352. The Bertz CT molecular complexity index is 476. The van der Waals surface area contributed by atoms with E-state index in [-0.39, 0.29) is 11.9 Å². The molecule has 2 saturated heterocycles. The Kier molecular flexibility index (Phi) is 3.38. The van der Waals surface area contributed by atoms with Crippen LogP contribution in [0.4, 0.5) is 5.82 Å². The number of nitrogens with one attached hydrogen (secondary N) is 1. The number of piperidine rings is 1. The van der Waals surface area contributed by atoms with Crippen molar-refractivity contribution in [3.05, 3.63) is 23.9 Å². The molecule has 2 unspecified atom stereocenters. The monoisotopic (exact) mass is 260 g/mol. The number of rotatable bonds is 2. The quantitative estimate of drug-likeness (QED) is 0.833. The average molecular weight is 260 g/mol. The summed E-state index contributed by atoms with van der Waals surface area (Å²) in [5, 5.41) is 3.16.